The van der Waals surface area contributed by atoms with Crippen molar-refractivity contribution in [2.75, 3.05) is 13.2 Å². The Bertz CT molecular complexity index is 478. The molecule has 3 nitrogen and oxygen atoms in total. The van der Waals surface area contributed by atoms with E-state index in [4.69, 9.17) is 10.00 Å². The summed E-state index contributed by atoms with van der Waals surface area (Å²) in [6.07, 6.45) is -3.84. The van der Waals surface area contributed by atoms with Crippen LogP contribution in [0.15, 0.2) is 17.0 Å². The highest BCUT2D eigenvalue weighted by molar-refractivity contribution is 8.03. The minimum Gasteiger partial charge on any atom is -0.381 e. The highest BCUT2D eigenvalue weighted by atomic mass is 32.2. The molecule has 0 radical (unpaired) electrons. The fraction of sp³-hybridized carbons (Fsp3) is 0.455. The second kappa shape index (κ2) is 5.16. The number of rotatable bonds is 2. The molecule has 96 valence electrons. The summed E-state index contributed by atoms with van der Waals surface area (Å²) in [6, 6.07) is 2.43. The van der Waals surface area contributed by atoms with E-state index < -0.39 is 11.9 Å². The summed E-state index contributed by atoms with van der Waals surface area (Å²) in [5, 5.41) is 10.3. The van der Waals surface area contributed by atoms with Crippen LogP contribution in [0.25, 0.3) is 0 Å². The van der Waals surface area contributed by atoms with E-state index in [1.165, 1.54) is 6.07 Å². The van der Waals surface area contributed by atoms with Gasteiger partial charge in [-0.15, -0.1) is 0 Å². The van der Waals surface area contributed by atoms with Crippen molar-refractivity contribution in [2.45, 2.75) is 23.4 Å². The molecule has 1 aromatic heterocycles. The molecule has 1 aliphatic heterocycles. The molecule has 1 aliphatic rings. The van der Waals surface area contributed by atoms with Gasteiger partial charge in [0.05, 0.1) is 6.61 Å². The molecule has 0 N–H and O–H groups in total. The molecule has 1 aromatic rings. The summed E-state index contributed by atoms with van der Waals surface area (Å²) >= 11 is 0.703. The van der Waals surface area contributed by atoms with E-state index in [0.29, 0.717) is 37.1 Å². The van der Waals surface area contributed by atoms with Gasteiger partial charge in [-0.05, 0) is 30.3 Å². The van der Waals surface area contributed by atoms with Gasteiger partial charge in [-0.25, -0.2) is 4.98 Å². The first kappa shape index (κ1) is 13.2. The molecule has 7 heteroatoms. The number of pyridine rings is 1. The van der Waals surface area contributed by atoms with Gasteiger partial charge >= 0.3 is 6.18 Å². The molecule has 1 unspecified atom stereocenters. The zero-order valence-electron chi connectivity index (χ0n) is 9.20. The van der Waals surface area contributed by atoms with Crippen LogP contribution in [0, 0.1) is 10.7 Å². The molecule has 0 spiro atoms. The topological polar surface area (TPSA) is 45.9 Å². The number of nitrogens with zero attached hydrogens (tertiary/aromatic N) is 2. The molecule has 18 heavy (non-hydrogen) atoms. The molecular formula is C11H9F3N2OS. The van der Waals surface area contributed by atoms with Gasteiger partial charge < -0.3 is 4.74 Å². The number of ether oxygens (including phenoxy) is 1. The van der Waals surface area contributed by atoms with Crippen molar-refractivity contribution in [3.05, 3.63) is 23.5 Å². The predicted molar refractivity (Wildman–Crippen MR) is 58.9 cm³/mol. The maximum Gasteiger partial charge on any atom is 0.433 e. The average molecular weight is 274 g/mol. The van der Waals surface area contributed by atoms with Crippen molar-refractivity contribution < 1.29 is 17.9 Å². The van der Waals surface area contributed by atoms with E-state index in [2.05, 4.69) is 4.98 Å². The lowest BCUT2D eigenvalue weighted by Gasteiger charge is -2.12. The molecule has 0 saturated carbocycles. The minimum absolute atomic E-state index is 0.120. The average Bonchev–Trinajstić information content (AvgIpc) is 2.81. The van der Waals surface area contributed by atoms with Gasteiger partial charge in [-0.1, -0.05) is 0 Å². The third-order valence-corrected chi connectivity index (χ3v) is 3.18. The standard InChI is InChI=1S/C11H9F3N2OS/c12-11(13,14)10-4-8(18-6-15)3-9(16-10)7-1-2-17-5-7/h3-4,7H,1-2,5H2. The van der Waals surface area contributed by atoms with Crippen LogP contribution in [-0.4, -0.2) is 18.2 Å². The molecule has 0 amide bonds. The molecular weight excluding hydrogens is 265 g/mol. The number of halogens is 3. The fourth-order valence-corrected chi connectivity index (χ4v) is 2.22. The number of alkyl halides is 3. The van der Waals surface area contributed by atoms with Crippen LogP contribution in [0.4, 0.5) is 13.2 Å². The molecule has 1 atom stereocenters. The zero-order chi connectivity index (χ0) is 13.2. The normalized spacial score (nSPS) is 19.8. The minimum atomic E-state index is -4.50. The Morgan fingerprint density at radius 2 is 2.22 bits per heavy atom. The number of hydrogen-bond donors (Lipinski definition) is 0. The number of thioether (sulfide) groups is 1. The first-order valence-corrected chi connectivity index (χ1v) is 6.05. The smallest absolute Gasteiger partial charge is 0.381 e. The summed E-state index contributed by atoms with van der Waals surface area (Å²) in [4.78, 5) is 3.91. The largest absolute Gasteiger partial charge is 0.433 e. The number of hydrogen-bond acceptors (Lipinski definition) is 4. The summed E-state index contributed by atoms with van der Waals surface area (Å²) in [6.45, 7) is 0.911. The number of nitriles is 1. The molecule has 1 fully saturated rings. The van der Waals surface area contributed by atoms with Crippen LogP contribution < -0.4 is 0 Å². The second-order valence-corrected chi connectivity index (χ2v) is 4.72. The van der Waals surface area contributed by atoms with Crippen molar-refractivity contribution in [1.82, 2.24) is 4.98 Å². The number of thiocyanates is 1. The van der Waals surface area contributed by atoms with Crippen LogP contribution in [0.3, 0.4) is 0 Å². The highest BCUT2D eigenvalue weighted by Gasteiger charge is 2.34. The van der Waals surface area contributed by atoms with Crippen LogP contribution in [0.5, 0.6) is 0 Å². The molecule has 0 bridgehead atoms. The van der Waals surface area contributed by atoms with Gasteiger partial charge in [0.25, 0.3) is 0 Å². The Morgan fingerprint density at radius 3 is 2.78 bits per heavy atom. The SMILES string of the molecule is N#CSc1cc(C2CCOC2)nc(C(F)(F)F)c1. The third kappa shape index (κ3) is 2.94. The Labute approximate surface area is 106 Å². The monoisotopic (exact) mass is 274 g/mol. The lowest BCUT2D eigenvalue weighted by Crippen LogP contribution is -2.12. The Hall–Kier alpha value is -1.26. The van der Waals surface area contributed by atoms with Crippen molar-refractivity contribution in [1.29, 1.82) is 5.26 Å². The number of aromatic nitrogens is 1. The van der Waals surface area contributed by atoms with Crippen molar-refractivity contribution in [2.24, 2.45) is 0 Å². The predicted octanol–water partition coefficient (Wildman–Crippen LogP) is 3.18. The van der Waals surface area contributed by atoms with Gasteiger partial charge in [0.15, 0.2) is 0 Å². The van der Waals surface area contributed by atoms with Gasteiger partial charge in [0, 0.05) is 23.1 Å². The van der Waals surface area contributed by atoms with Gasteiger partial charge in [-0.2, -0.15) is 18.4 Å². The molecule has 1 saturated heterocycles. The maximum absolute atomic E-state index is 12.7. The first-order valence-electron chi connectivity index (χ1n) is 5.23. The zero-order valence-corrected chi connectivity index (χ0v) is 10.0. The summed E-state index contributed by atoms with van der Waals surface area (Å²) in [5.74, 6) is -0.120. The van der Waals surface area contributed by atoms with Crippen LogP contribution in [0.1, 0.15) is 23.7 Å². The lowest BCUT2D eigenvalue weighted by molar-refractivity contribution is -0.141. The van der Waals surface area contributed by atoms with E-state index in [1.807, 2.05) is 0 Å². The lowest BCUT2D eigenvalue weighted by atomic mass is 10.0. The summed E-state index contributed by atoms with van der Waals surface area (Å²) in [7, 11) is 0. The summed E-state index contributed by atoms with van der Waals surface area (Å²) < 4.78 is 43.2. The Balaban J connectivity index is 2.39. The fourth-order valence-electron chi connectivity index (χ4n) is 1.76. The van der Waals surface area contributed by atoms with Gasteiger partial charge in [-0.3, -0.25) is 0 Å². The van der Waals surface area contributed by atoms with E-state index in [0.717, 1.165) is 6.07 Å². The second-order valence-electron chi connectivity index (χ2n) is 3.86. The Kier molecular flexibility index (Phi) is 3.78. The summed E-state index contributed by atoms with van der Waals surface area (Å²) in [5.41, 5.74) is -0.607. The van der Waals surface area contributed by atoms with Crippen molar-refractivity contribution in [3.8, 4) is 5.40 Å². The van der Waals surface area contributed by atoms with Crippen molar-refractivity contribution in [3.63, 3.8) is 0 Å². The molecule has 2 heterocycles. The van der Waals surface area contributed by atoms with Gasteiger partial charge in [0.1, 0.15) is 11.1 Å². The quantitative estimate of drug-likeness (QED) is 0.614. The van der Waals surface area contributed by atoms with E-state index >= 15 is 0 Å². The third-order valence-electron chi connectivity index (χ3n) is 2.62. The Morgan fingerprint density at radius 1 is 1.44 bits per heavy atom. The molecule has 0 aliphatic carbocycles. The van der Waals surface area contributed by atoms with Gasteiger partial charge in [0.2, 0.25) is 0 Å². The highest BCUT2D eigenvalue weighted by Crippen LogP contribution is 2.34. The van der Waals surface area contributed by atoms with Crippen LogP contribution in [0.2, 0.25) is 0 Å². The molecule has 0 aromatic carbocycles. The van der Waals surface area contributed by atoms with E-state index in [9.17, 15) is 13.2 Å². The van der Waals surface area contributed by atoms with E-state index in [-0.39, 0.29) is 10.8 Å². The van der Waals surface area contributed by atoms with Crippen LogP contribution >= 0.6 is 11.8 Å². The molecule has 2 rings (SSSR count). The first-order chi connectivity index (χ1) is 8.50. The van der Waals surface area contributed by atoms with Crippen molar-refractivity contribution >= 4 is 11.8 Å². The maximum atomic E-state index is 12.7. The van der Waals surface area contributed by atoms with E-state index in [1.54, 1.807) is 5.40 Å². The van der Waals surface area contributed by atoms with Crippen LogP contribution in [-0.2, 0) is 10.9 Å².